The molecule has 0 aliphatic carbocycles. The summed E-state index contributed by atoms with van der Waals surface area (Å²) in [6, 6.07) is 13.7. The molecule has 0 fully saturated rings. The van der Waals surface area contributed by atoms with Crippen LogP contribution in [0.4, 0.5) is 16.5 Å². The third-order valence-electron chi connectivity index (χ3n) is 3.31. The predicted octanol–water partition coefficient (Wildman–Crippen LogP) is 4.45. The summed E-state index contributed by atoms with van der Waals surface area (Å²) in [7, 11) is 1.66. The van der Waals surface area contributed by atoms with Gasteiger partial charge in [-0.2, -0.15) is 0 Å². The smallest absolute Gasteiger partial charge is 0.187 e. The monoisotopic (exact) mass is 311 g/mol. The van der Waals surface area contributed by atoms with Gasteiger partial charge in [0.15, 0.2) is 5.13 Å². The summed E-state index contributed by atoms with van der Waals surface area (Å²) in [6.07, 6.45) is 0. The number of ether oxygens (including phenoxy) is 1. The van der Waals surface area contributed by atoms with Gasteiger partial charge in [-0.15, -0.1) is 11.3 Å². The Morgan fingerprint density at radius 2 is 1.91 bits per heavy atom. The third kappa shape index (κ3) is 3.04. The second-order valence-electron chi connectivity index (χ2n) is 4.99. The number of nitrogen functional groups attached to an aromatic ring is 1. The fourth-order valence-electron chi connectivity index (χ4n) is 2.15. The first kappa shape index (κ1) is 14.4. The predicted molar refractivity (Wildman–Crippen MR) is 93.0 cm³/mol. The van der Waals surface area contributed by atoms with Crippen molar-refractivity contribution in [3.63, 3.8) is 0 Å². The number of aromatic nitrogens is 1. The van der Waals surface area contributed by atoms with Crippen molar-refractivity contribution in [2.75, 3.05) is 18.2 Å². The molecule has 0 amide bonds. The van der Waals surface area contributed by atoms with Crippen molar-refractivity contribution < 1.29 is 4.74 Å². The summed E-state index contributed by atoms with van der Waals surface area (Å²) < 4.78 is 5.38. The van der Waals surface area contributed by atoms with Gasteiger partial charge in [0.2, 0.25) is 0 Å². The van der Waals surface area contributed by atoms with Crippen LogP contribution in [0.5, 0.6) is 5.75 Å². The van der Waals surface area contributed by atoms with Crippen molar-refractivity contribution in [1.29, 1.82) is 0 Å². The van der Waals surface area contributed by atoms with E-state index in [1.165, 1.54) is 5.56 Å². The fraction of sp³-hybridized carbons (Fsp3) is 0.118. The Kier molecular flexibility index (Phi) is 3.98. The SMILES string of the molecule is COc1ccc(C)cc1Nc1nc(-c2ccc(N)cc2)cs1. The molecule has 3 rings (SSSR count). The minimum Gasteiger partial charge on any atom is -0.495 e. The number of hydrogen-bond donors (Lipinski definition) is 2. The highest BCUT2D eigenvalue weighted by Crippen LogP contribution is 2.32. The van der Waals surface area contributed by atoms with Gasteiger partial charge in [-0.05, 0) is 36.8 Å². The maximum atomic E-state index is 5.71. The molecule has 22 heavy (non-hydrogen) atoms. The van der Waals surface area contributed by atoms with E-state index >= 15 is 0 Å². The molecule has 2 aromatic carbocycles. The van der Waals surface area contributed by atoms with Crippen molar-refractivity contribution in [3.05, 3.63) is 53.4 Å². The van der Waals surface area contributed by atoms with Crippen molar-refractivity contribution in [2.45, 2.75) is 6.92 Å². The Labute approximate surface area is 133 Å². The molecule has 4 nitrogen and oxygen atoms in total. The van der Waals surface area contributed by atoms with E-state index in [0.717, 1.165) is 33.5 Å². The summed E-state index contributed by atoms with van der Waals surface area (Å²) >= 11 is 1.56. The summed E-state index contributed by atoms with van der Waals surface area (Å²) in [5, 5.41) is 6.18. The van der Waals surface area contributed by atoms with E-state index in [9.17, 15) is 0 Å². The van der Waals surface area contributed by atoms with Crippen LogP contribution in [-0.4, -0.2) is 12.1 Å². The molecule has 3 N–H and O–H groups in total. The molecule has 3 aromatic rings. The maximum absolute atomic E-state index is 5.71. The highest BCUT2D eigenvalue weighted by atomic mass is 32.1. The van der Waals surface area contributed by atoms with E-state index in [-0.39, 0.29) is 0 Å². The molecular weight excluding hydrogens is 294 g/mol. The first-order valence-corrected chi connectivity index (χ1v) is 7.77. The quantitative estimate of drug-likeness (QED) is 0.699. The number of methoxy groups -OCH3 is 1. The van der Waals surface area contributed by atoms with E-state index in [1.807, 2.05) is 54.8 Å². The molecule has 0 radical (unpaired) electrons. The summed E-state index contributed by atoms with van der Waals surface area (Å²) in [5.74, 6) is 0.801. The van der Waals surface area contributed by atoms with E-state index in [2.05, 4.69) is 10.3 Å². The number of rotatable bonds is 4. The van der Waals surface area contributed by atoms with Gasteiger partial charge >= 0.3 is 0 Å². The number of nitrogens with zero attached hydrogens (tertiary/aromatic N) is 1. The van der Waals surface area contributed by atoms with Crippen LogP contribution in [0.15, 0.2) is 47.8 Å². The molecule has 0 aliphatic rings. The zero-order valence-corrected chi connectivity index (χ0v) is 13.3. The number of hydrogen-bond acceptors (Lipinski definition) is 5. The summed E-state index contributed by atoms with van der Waals surface area (Å²) in [6.45, 7) is 2.05. The Bertz CT molecular complexity index is 781. The minimum atomic E-state index is 0.752. The normalized spacial score (nSPS) is 10.5. The first-order chi connectivity index (χ1) is 10.7. The van der Waals surface area contributed by atoms with E-state index in [4.69, 9.17) is 10.5 Å². The Morgan fingerprint density at radius 1 is 1.14 bits per heavy atom. The topological polar surface area (TPSA) is 60.2 Å². The van der Waals surface area contributed by atoms with Gasteiger partial charge in [0.25, 0.3) is 0 Å². The Hall–Kier alpha value is -2.53. The number of benzene rings is 2. The fourth-order valence-corrected chi connectivity index (χ4v) is 2.88. The lowest BCUT2D eigenvalue weighted by Crippen LogP contribution is -1.95. The lowest BCUT2D eigenvalue weighted by Gasteiger charge is -2.09. The van der Waals surface area contributed by atoms with Crippen LogP contribution in [0.2, 0.25) is 0 Å². The third-order valence-corrected chi connectivity index (χ3v) is 4.06. The highest BCUT2D eigenvalue weighted by molar-refractivity contribution is 7.14. The molecule has 0 unspecified atom stereocenters. The molecular formula is C17H17N3OS. The van der Waals surface area contributed by atoms with E-state index in [0.29, 0.717) is 0 Å². The number of aryl methyl sites for hydroxylation is 1. The van der Waals surface area contributed by atoms with Crippen LogP contribution in [0.3, 0.4) is 0 Å². The number of anilines is 3. The van der Waals surface area contributed by atoms with Crippen LogP contribution >= 0.6 is 11.3 Å². The van der Waals surface area contributed by atoms with Gasteiger partial charge in [0, 0.05) is 16.6 Å². The molecule has 0 aliphatic heterocycles. The van der Waals surface area contributed by atoms with Crippen molar-refractivity contribution in [3.8, 4) is 17.0 Å². The first-order valence-electron chi connectivity index (χ1n) is 6.89. The van der Waals surface area contributed by atoms with Crippen LogP contribution < -0.4 is 15.8 Å². The van der Waals surface area contributed by atoms with Gasteiger partial charge in [0.1, 0.15) is 5.75 Å². The number of thiazole rings is 1. The van der Waals surface area contributed by atoms with Crippen LogP contribution in [-0.2, 0) is 0 Å². The van der Waals surface area contributed by atoms with Gasteiger partial charge in [-0.1, -0.05) is 18.2 Å². The average Bonchev–Trinajstić information content (AvgIpc) is 2.97. The van der Waals surface area contributed by atoms with Crippen molar-refractivity contribution >= 4 is 27.8 Å². The summed E-state index contributed by atoms with van der Waals surface area (Å²) in [4.78, 5) is 4.62. The molecule has 0 spiro atoms. The molecule has 0 saturated carbocycles. The zero-order chi connectivity index (χ0) is 15.5. The Morgan fingerprint density at radius 3 is 2.64 bits per heavy atom. The Balaban J connectivity index is 1.85. The molecule has 0 atom stereocenters. The largest absolute Gasteiger partial charge is 0.495 e. The molecule has 0 saturated heterocycles. The molecule has 5 heteroatoms. The van der Waals surface area contributed by atoms with E-state index in [1.54, 1.807) is 18.4 Å². The second kappa shape index (κ2) is 6.07. The summed E-state index contributed by atoms with van der Waals surface area (Å²) in [5.41, 5.74) is 10.5. The standard InChI is InChI=1S/C17H17N3OS/c1-11-3-8-16(21-2)14(9-11)19-17-20-15(10-22-17)12-4-6-13(18)7-5-12/h3-10H,18H2,1-2H3,(H,19,20). The van der Waals surface area contributed by atoms with Gasteiger partial charge < -0.3 is 15.8 Å². The van der Waals surface area contributed by atoms with Crippen LogP contribution in [0.25, 0.3) is 11.3 Å². The lowest BCUT2D eigenvalue weighted by molar-refractivity contribution is 0.416. The highest BCUT2D eigenvalue weighted by Gasteiger charge is 2.08. The van der Waals surface area contributed by atoms with Crippen LogP contribution in [0.1, 0.15) is 5.56 Å². The lowest BCUT2D eigenvalue weighted by atomic mass is 10.1. The average molecular weight is 311 g/mol. The van der Waals surface area contributed by atoms with Gasteiger partial charge in [-0.3, -0.25) is 0 Å². The van der Waals surface area contributed by atoms with Gasteiger partial charge in [-0.25, -0.2) is 4.98 Å². The maximum Gasteiger partial charge on any atom is 0.187 e. The number of nitrogens with two attached hydrogens (primary N) is 1. The zero-order valence-electron chi connectivity index (χ0n) is 12.5. The van der Waals surface area contributed by atoms with Gasteiger partial charge in [0.05, 0.1) is 18.5 Å². The van der Waals surface area contributed by atoms with Crippen molar-refractivity contribution in [2.24, 2.45) is 0 Å². The molecule has 0 bridgehead atoms. The minimum absolute atomic E-state index is 0.752. The van der Waals surface area contributed by atoms with Crippen molar-refractivity contribution in [1.82, 2.24) is 4.98 Å². The van der Waals surface area contributed by atoms with E-state index < -0.39 is 0 Å². The molecule has 1 aromatic heterocycles. The molecule has 112 valence electrons. The second-order valence-corrected chi connectivity index (χ2v) is 5.85. The number of nitrogens with one attached hydrogen (secondary N) is 1. The van der Waals surface area contributed by atoms with Crippen LogP contribution in [0, 0.1) is 6.92 Å². The molecule has 1 heterocycles.